The Morgan fingerprint density at radius 1 is 1.14 bits per heavy atom. The van der Waals surface area contributed by atoms with E-state index in [-0.39, 0.29) is 5.82 Å². The fourth-order valence-corrected chi connectivity index (χ4v) is 3.40. The molecule has 0 amide bonds. The van der Waals surface area contributed by atoms with Gasteiger partial charge in [-0.15, -0.1) is 0 Å². The van der Waals surface area contributed by atoms with Crippen molar-refractivity contribution in [3.05, 3.63) is 58.3 Å². The molecular weight excluding hydrogens is 349 g/mol. The fraction of sp³-hybridized carbons (Fsp3) is 0.294. The first-order valence-corrected chi connectivity index (χ1v) is 8.58. The van der Waals surface area contributed by atoms with Crippen LogP contribution < -0.4 is 5.32 Å². The average Bonchev–Trinajstić information content (AvgIpc) is 2.43. The third-order valence-electron chi connectivity index (χ3n) is 2.95. The number of rotatable bonds is 6. The van der Waals surface area contributed by atoms with E-state index in [1.807, 2.05) is 24.3 Å². The summed E-state index contributed by atoms with van der Waals surface area (Å²) in [6.07, 6.45) is 0. The van der Waals surface area contributed by atoms with Crippen molar-refractivity contribution < 1.29 is 4.39 Å². The molecule has 0 bridgehead atoms. The van der Waals surface area contributed by atoms with Crippen molar-refractivity contribution in [2.24, 2.45) is 5.92 Å². The first-order chi connectivity index (χ1) is 10.1. The van der Waals surface area contributed by atoms with Crippen molar-refractivity contribution in [3.8, 4) is 0 Å². The van der Waals surface area contributed by atoms with E-state index in [1.165, 1.54) is 6.07 Å². The lowest BCUT2D eigenvalue weighted by atomic mass is 10.2. The molecule has 0 spiro atoms. The second-order valence-electron chi connectivity index (χ2n) is 5.31. The molecule has 112 valence electrons. The van der Waals surface area contributed by atoms with Crippen LogP contribution in [0.3, 0.4) is 0 Å². The summed E-state index contributed by atoms with van der Waals surface area (Å²) in [7, 11) is 0. The highest BCUT2D eigenvalue weighted by molar-refractivity contribution is 9.10. The van der Waals surface area contributed by atoms with Crippen LogP contribution in [0.5, 0.6) is 0 Å². The standard InChI is InChI=1S/C17H19BrFNS/c1-12(2)10-20-11-13-9-14(19)7-8-16(13)21-17-6-4-3-5-15(17)18/h3-9,12,20H,10-11H2,1-2H3. The van der Waals surface area contributed by atoms with Crippen LogP contribution in [0.2, 0.25) is 0 Å². The number of halogens is 2. The third kappa shape index (κ3) is 5.13. The van der Waals surface area contributed by atoms with E-state index in [0.29, 0.717) is 12.5 Å². The van der Waals surface area contributed by atoms with Gasteiger partial charge in [-0.1, -0.05) is 37.7 Å². The number of hydrogen-bond donors (Lipinski definition) is 1. The predicted molar refractivity (Wildman–Crippen MR) is 91.2 cm³/mol. The Morgan fingerprint density at radius 2 is 1.90 bits per heavy atom. The molecule has 0 aliphatic heterocycles. The Balaban J connectivity index is 2.16. The highest BCUT2D eigenvalue weighted by Gasteiger charge is 2.08. The molecule has 0 saturated heterocycles. The second-order valence-corrected chi connectivity index (χ2v) is 7.25. The average molecular weight is 368 g/mol. The first-order valence-electron chi connectivity index (χ1n) is 6.98. The summed E-state index contributed by atoms with van der Waals surface area (Å²) in [5.41, 5.74) is 0.997. The molecule has 1 N–H and O–H groups in total. The van der Waals surface area contributed by atoms with Gasteiger partial charge in [0.25, 0.3) is 0 Å². The van der Waals surface area contributed by atoms with Crippen LogP contribution in [0.25, 0.3) is 0 Å². The van der Waals surface area contributed by atoms with Crippen LogP contribution in [0, 0.1) is 11.7 Å². The highest BCUT2D eigenvalue weighted by Crippen LogP contribution is 2.35. The molecule has 0 aromatic heterocycles. The zero-order valence-electron chi connectivity index (χ0n) is 12.2. The third-order valence-corrected chi connectivity index (χ3v) is 5.10. The molecule has 2 aromatic rings. The lowest BCUT2D eigenvalue weighted by molar-refractivity contribution is 0.547. The van der Waals surface area contributed by atoms with E-state index >= 15 is 0 Å². The quantitative estimate of drug-likeness (QED) is 0.724. The highest BCUT2D eigenvalue weighted by atomic mass is 79.9. The van der Waals surface area contributed by atoms with Gasteiger partial charge in [-0.05, 0) is 64.3 Å². The molecule has 21 heavy (non-hydrogen) atoms. The monoisotopic (exact) mass is 367 g/mol. The number of hydrogen-bond acceptors (Lipinski definition) is 2. The smallest absolute Gasteiger partial charge is 0.123 e. The van der Waals surface area contributed by atoms with Crippen molar-refractivity contribution >= 4 is 27.7 Å². The molecule has 0 aliphatic rings. The summed E-state index contributed by atoms with van der Waals surface area (Å²) in [5, 5.41) is 3.38. The maximum atomic E-state index is 13.5. The van der Waals surface area contributed by atoms with Crippen molar-refractivity contribution in [1.82, 2.24) is 5.32 Å². The van der Waals surface area contributed by atoms with E-state index in [9.17, 15) is 4.39 Å². The minimum atomic E-state index is -0.187. The summed E-state index contributed by atoms with van der Waals surface area (Å²) in [6.45, 7) is 5.93. The van der Waals surface area contributed by atoms with Gasteiger partial charge in [0.1, 0.15) is 5.82 Å². The molecule has 0 atom stereocenters. The van der Waals surface area contributed by atoms with Crippen molar-refractivity contribution in [3.63, 3.8) is 0 Å². The van der Waals surface area contributed by atoms with Crippen LogP contribution in [0.4, 0.5) is 4.39 Å². The molecule has 0 fully saturated rings. The van der Waals surface area contributed by atoms with Crippen LogP contribution in [0.1, 0.15) is 19.4 Å². The van der Waals surface area contributed by atoms with E-state index in [4.69, 9.17) is 0 Å². The molecule has 0 aliphatic carbocycles. The molecule has 0 unspecified atom stereocenters. The van der Waals surface area contributed by atoms with Crippen LogP contribution in [-0.2, 0) is 6.54 Å². The van der Waals surface area contributed by atoms with Crippen molar-refractivity contribution in [2.45, 2.75) is 30.2 Å². The number of benzene rings is 2. The minimum absolute atomic E-state index is 0.187. The number of nitrogens with one attached hydrogen (secondary N) is 1. The lowest BCUT2D eigenvalue weighted by Crippen LogP contribution is -2.19. The molecular formula is C17H19BrFNS. The summed E-state index contributed by atoms with van der Waals surface area (Å²) in [6, 6.07) is 13.1. The van der Waals surface area contributed by atoms with Gasteiger partial charge in [0.2, 0.25) is 0 Å². The largest absolute Gasteiger partial charge is 0.312 e. The maximum absolute atomic E-state index is 13.5. The summed E-state index contributed by atoms with van der Waals surface area (Å²) in [4.78, 5) is 2.22. The van der Waals surface area contributed by atoms with Crippen molar-refractivity contribution in [1.29, 1.82) is 0 Å². The Bertz CT molecular complexity index is 601. The zero-order valence-corrected chi connectivity index (χ0v) is 14.6. The van der Waals surface area contributed by atoms with Gasteiger partial charge >= 0.3 is 0 Å². The van der Waals surface area contributed by atoms with Gasteiger partial charge in [-0.25, -0.2) is 4.39 Å². The van der Waals surface area contributed by atoms with Gasteiger partial charge in [0.05, 0.1) is 0 Å². The van der Waals surface area contributed by atoms with Crippen molar-refractivity contribution in [2.75, 3.05) is 6.54 Å². The fourth-order valence-electron chi connectivity index (χ4n) is 1.93. The molecule has 0 heterocycles. The predicted octanol–water partition coefficient (Wildman–Crippen LogP) is 5.49. The normalized spacial score (nSPS) is 11.1. The molecule has 4 heteroatoms. The minimum Gasteiger partial charge on any atom is -0.312 e. The van der Waals surface area contributed by atoms with Crippen LogP contribution in [0.15, 0.2) is 56.7 Å². The topological polar surface area (TPSA) is 12.0 Å². The summed E-state index contributed by atoms with van der Waals surface area (Å²) >= 11 is 5.21. The van der Waals surface area contributed by atoms with E-state index in [2.05, 4.69) is 41.2 Å². The second kappa shape index (κ2) is 7.97. The molecule has 2 aromatic carbocycles. The van der Waals surface area contributed by atoms with E-state index in [1.54, 1.807) is 17.8 Å². The van der Waals surface area contributed by atoms with Gasteiger partial charge in [-0.2, -0.15) is 0 Å². The van der Waals surface area contributed by atoms with Crippen LogP contribution >= 0.6 is 27.7 Å². The Kier molecular flexibility index (Phi) is 6.27. The van der Waals surface area contributed by atoms with Gasteiger partial charge in [0, 0.05) is 20.8 Å². The van der Waals surface area contributed by atoms with E-state index in [0.717, 1.165) is 26.4 Å². The van der Waals surface area contributed by atoms with E-state index < -0.39 is 0 Å². The Morgan fingerprint density at radius 3 is 2.62 bits per heavy atom. The molecule has 2 rings (SSSR count). The first kappa shape index (κ1) is 16.5. The Hall–Kier alpha value is -0.840. The molecule has 0 radical (unpaired) electrons. The summed E-state index contributed by atoms with van der Waals surface area (Å²) < 4.78 is 14.6. The van der Waals surface area contributed by atoms with Gasteiger partial charge < -0.3 is 5.32 Å². The molecule has 1 nitrogen and oxygen atoms in total. The van der Waals surface area contributed by atoms with Gasteiger partial charge in [-0.3, -0.25) is 0 Å². The zero-order chi connectivity index (χ0) is 15.2. The maximum Gasteiger partial charge on any atom is 0.123 e. The van der Waals surface area contributed by atoms with Gasteiger partial charge in [0.15, 0.2) is 0 Å². The Labute approximate surface area is 138 Å². The SMILES string of the molecule is CC(C)CNCc1cc(F)ccc1Sc1ccccc1Br. The lowest BCUT2D eigenvalue weighted by Gasteiger charge is -2.12. The van der Waals surface area contributed by atoms with Crippen LogP contribution in [-0.4, -0.2) is 6.54 Å². The summed E-state index contributed by atoms with van der Waals surface area (Å²) in [5.74, 6) is 0.394. The molecule has 0 saturated carbocycles.